The standard InChI is InChI=1S/C15H13N3O5/c19-13-8-10(6-7-12(13)18(22)23)9-16-17-15(21)14(20)11-4-2-1-3-5-11/h1-9,14,19-20H,(H,17,21)/p-1. The van der Waals surface area contributed by atoms with E-state index in [0.717, 1.165) is 18.3 Å². The average molecular weight is 314 g/mol. The Balaban J connectivity index is 2.00. The van der Waals surface area contributed by atoms with Crippen molar-refractivity contribution in [3.8, 4) is 5.75 Å². The Kier molecular flexibility index (Phi) is 5.00. The molecule has 1 unspecified atom stereocenters. The molecule has 0 aliphatic heterocycles. The van der Waals surface area contributed by atoms with Crippen molar-refractivity contribution in [1.29, 1.82) is 0 Å². The van der Waals surface area contributed by atoms with Crippen LogP contribution in [0.25, 0.3) is 0 Å². The number of nitro benzene ring substituents is 1. The molecule has 0 fully saturated rings. The number of amides is 1. The Labute approximate surface area is 130 Å². The molecular formula is C15H12N3O5-. The highest BCUT2D eigenvalue weighted by molar-refractivity contribution is 5.85. The quantitative estimate of drug-likeness (QED) is 0.480. The zero-order chi connectivity index (χ0) is 16.8. The predicted octanol–water partition coefficient (Wildman–Crippen LogP) is 0.852. The number of benzene rings is 2. The van der Waals surface area contributed by atoms with Crippen LogP contribution in [0.15, 0.2) is 53.6 Å². The Morgan fingerprint density at radius 3 is 2.57 bits per heavy atom. The number of hydrazone groups is 1. The molecule has 2 aromatic rings. The summed E-state index contributed by atoms with van der Waals surface area (Å²) in [6.07, 6.45) is -0.221. The van der Waals surface area contributed by atoms with Gasteiger partial charge in [-0.25, -0.2) is 5.43 Å². The Morgan fingerprint density at radius 1 is 1.26 bits per heavy atom. The number of hydrogen-bond acceptors (Lipinski definition) is 6. The van der Waals surface area contributed by atoms with Crippen LogP contribution in [0.3, 0.4) is 0 Å². The van der Waals surface area contributed by atoms with E-state index in [1.165, 1.54) is 6.07 Å². The summed E-state index contributed by atoms with van der Waals surface area (Å²) in [6, 6.07) is 11.7. The van der Waals surface area contributed by atoms with E-state index in [-0.39, 0.29) is 5.56 Å². The Hall–Kier alpha value is -3.26. The largest absolute Gasteiger partial charge is 0.868 e. The summed E-state index contributed by atoms with van der Waals surface area (Å²) < 4.78 is 0. The smallest absolute Gasteiger partial charge is 0.273 e. The van der Waals surface area contributed by atoms with Crippen LogP contribution in [0.4, 0.5) is 5.69 Å². The van der Waals surface area contributed by atoms with E-state index < -0.39 is 28.4 Å². The van der Waals surface area contributed by atoms with Crippen LogP contribution < -0.4 is 10.5 Å². The minimum Gasteiger partial charge on any atom is -0.868 e. The van der Waals surface area contributed by atoms with Crippen LogP contribution in [0, 0.1) is 10.1 Å². The molecule has 23 heavy (non-hydrogen) atoms. The maximum atomic E-state index is 11.7. The van der Waals surface area contributed by atoms with Gasteiger partial charge in [-0.15, -0.1) is 0 Å². The van der Waals surface area contributed by atoms with E-state index in [9.17, 15) is 25.1 Å². The van der Waals surface area contributed by atoms with Crippen LogP contribution in [-0.4, -0.2) is 22.2 Å². The highest BCUT2D eigenvalue weighted by Gasteiger charge is 2.15. The highest BCUT2D eigenvalue weighted by atomic mass is 16.6. The number of aliphatic hydroxyl groups is 1. The molecule has 0 heterocycles. The molecule has 0 aromatic heterocycles. The SMILES string of the molecule is O=C(NN=Cc1ccc([N+](=O)[O-])c([O-])c1)C(O)c1ccccc1. The molecular weight excluding hydrogens is 302 g/mol. The van der Waals surface area contributed by atoms with Crippen molar-refractivity contribution < 1.29 is 19.9 Å². The summed E-state index contributed by atoms with van der Waals surface area (Å²) in [5, 5.41) is 35.4. The first-order valence-corrected chi connectivity index (χ1v) is 6.50. The molecule has 0 aliphatic carbocycles. The number of aliphatic hydroxyl groups excluding tert-OH is 1. The second kappa shape index (κ2) is 7.14. The van der Waals surface area contributed by atoms with Crippen molar-refractivity contribution in [2.45, 2.75) is 6.10 Å². The number of hydrogen-bond donors (Lipinski definition) is 2. The van der Waals surface area contributed by atoms with Crippen molar-refractivity contribution in [2.24, 2.45) is 5.10 Å². The van der Waals surface area contributed by atoms with E-state index in [2.05, 4.69) is 10.5 Å². The topological polar surface area (TPSA) is 128 Å². The van der Waals surface area contributed by atoms with E-state index in [1.54, 1.807) is 30.3 Å². The maximum absolute atomic E-state index is 11.7. The average Bonchev–Trinajstić information content (AvgIpc) is 2.54. The highest BCUT2D eigenvalue weighted by Crippen LogP contribution is 2.22. The van der Waals surface area contributed by atoms with Crippen LogP contribution in [-0.2, 0) is 4.79 Å². The molecule has 0 saturated carbocycles. The first-order valence-electron chi connectivity index (χ1n) is 6.50. The van der Waals surface area contributed by atoms with Gasteiger partial charge in [0, 0.05) is 6.07 Å². The lowest BCUT2D eigenvalue weighted by Gasteiger charge is -2.09. The molecule has 0 spiro atoms. The third-order valence-corrected chi connectivity index (χ3v) is 2.93. The molecule has 1 atom stereocenters. The lowest BCUT2D eigenvalue weighted by atomic mass is 10.1. The van der Waals surface area contributed by atoms with Crippen molar-refractivity contribution >= 4 is 17.8 Å². The second-order valence-electron chi connectivity index (χ2n) is 4.53. The Bertz CT molecular complexity index is 746. The summed E-state index contributed by atoms with van der Waals surface area (Å²) in [4.78, 5) is 21.5. The summed E-state index contributed by atoms with van der Waals surface area (Å²) in [6.45, 7) is 0. The minimum absolute atomic E-state index is 0.287. The van der Waals surface area contributed by atoms with Crippen molar-refractivity contribution in [3.63, 3.8) is 0 Å². The van der Waals surface area contributed by atoms with E-state index in [1.807, 2.05) is 0 Å². The van der Waals surface area contributed by atoms with Gasteiger partial charge in [0.1, 0.15) is 0 Å². The van der Waals surface area contributed by atoms with Gasteiger partial charge in [-0.2, -0.15) is 5.10 Å². The van der Waals surface area contributed by atoms with E-state index >= 15 is 0 Å². The molecule has 0 aliphatic rings. The third-order valence-electron chi connectivity index (χ3n) is 2.93. The van der Waals surface area contributed by atoms with Gasteiger partial charge in [-0.05, 0) is 22.9 Å². The first-order chi connectivity index (χ1) is 11.0. The fraction of sp³-hybridized carbons (Fsp3) is 0.0667. The Morgan fingerprint density at radius 2 is 1.96 bits per heavy atom. The second-order valence-corrected chi connectivity index (χ2v) is 4.53. The molecule has 8 heteroatoms. The van der Waals surface area contributed by atoms with Gasteiger partial charge in [-0.3, -0.25) is 14.9 Å². The van der Waals surface area contributed by atoms with Crippen LogP contribution in [0.2, 0.25) is 0 Å². The van der Waals surface area contributed by atoms with Gasteiger partial charge < -0.3 is 10.2 Å². The minimum atomic E-state index is -1.37. The van der Waals surface area contributed by atoms with E-state index in [0.29, 0.717) is 5.56 Å². The summed E-state index contributed by atoms with van der Waals surface area (Å²) >= 11 is 0. The van der Waals surface area contributed by atoms with Crippen LogP contribution >= 0.6 is 0 Å². The fourth-order valence-electron chi connectivity index (χ4n) is 1.78. The molecule has 0 bridgehead atoms. The zero-order valence-corrected chi connectivity index (χ0v) is 11.7. The number of nitrogens with zero attached hydrogens (tertiary/aromatic N) is 2. The third kappa shape index (κ3) is 4.11. The fourth-order valence-corrected chi connectivity index (χ4v) is 1.78. The predicted molar refractivity (Wildman–Crippen MR) is 79.7 cm³/mol. The van der Waals surface area contributed by atoms with Crippen LogP contribution in [0.5, 0.6) is 5.75 Å². The van der Waals surface area contributed by atoms with Gasteiger partial charge >= 0.3 is 0 Å². The lowest BCUT2D eigenvalue weighted by molar-refractivity contribution is -0.398. The molecule has 1 amide bonds. The van der Waals surface area contributed by atoms with E-state index in [4.69, 9.17) is 0 Å². The molecule has 118 valence electrons. The maximum Gasteiger partial charge on any atom is 0.273 e. The van der Waals surface area contributed by atoms with Gasteiger partial charge in [0.25, 0.3) is 11.6 Å². The van der Waals surface area contributed by atoms with Gasteiger partial charge in [0.05, 0.1) is 11.1 Å². The van der Waals surface area contributed by atoms with Crippen molar-refractivity contribution in [2.75, 3.05) is 0 Å². The molecule has 0 saturated heterocycles. The number of nitro groups is 1. The first kappa shape index (κ1) is 16.1. The molecule has 0 radical (unpaired) electrons. The molecule has 2 N–H and O–H groups in total. The summed E-state index contributed by atoms with van der Waals surface area (Å²) in [5.41, 5.74) is 2.30. The molecule has 2 rings (SSSR count). The monoisotopic (exact) mass is 314 g/mol. The number of carbonyl (C=O) groups is 1. The zero-order valence-electron chi connectivity index (χ0n) is 11.7. The summed E-state index contributed by atoms with van der Waals surface area (Å²) in [5.74, 6) is -1.49. The van der Waals surface area contributed by atoms with Crippen molar-refractivity contribution in [1.82, 2.24) is 5.43 Å². The number of nitrogens with one attached hydrogen (secondary N) is 1. The molecule has 2 aromatic carbocycles. The van der Waals surface area contributed by atoms with Gasteiger partial charge in [-0.1, -0.05) is 36.4 Å². The van der Waals surface area contributed by atoms with Gasteiger partial charge in [0.2, 0.25) is 0 Å². The van der Waals surface area contributed by atoms with Crippen LogP contribution in [0.1, 0.15) is 17.2 Å². The van der Waals surface area contributed by atoms with Crippen molar-refractivity contribution in [3.05, 3.63) is 69.8 Å². The lowest BCUT2D eigenvalue weighted by Crippen LogP contribution is -2.25. The normalized spacial score (nSPS) is 12.0. The molecule has 8 nitrogen and oxygen atoms in total. The number of rotatable bonds is 5. The van der Waals surface area contributed by atoms with Gasteiger partial charge in [0.15, 0.2) is 6.10 Å². The summed E-state index contributed by atoms with van der Waals surface area (Å²) in [7, 11) is 0. The number of carbonyl (C=O) groups excluding carboxylic acids is 1.